The highest BCUT2D eigenvalue weighted by Gasteiger charge is 2.22. The van der Waals surface area contributed by atoms with Gasteiger partial charge in [0.25, 0.3) is 0 Å². The van der Waals surface area contributed by atoms with Gasteiger partial charge < -0.3 is 5.73 Å². The normalized spacial score (nSPS) is 12.8. The van der Waals surface area contributed by atoms with E-state index < -0.39 is 10.0 Å². The van der Waals surface area contributed by atoms with Crippen LogP contribution in [0.25, 0.3) is 0 Å². The van der Waals surface area contributed by atoms with Crippen molar-refractivity contribution in [1.29, 1.82) is 0 Å². The molecule has 4 nitrogen and oxygen atoms in total. The smallest absolute Gasteiger partial charge is 0.242 e. The van der Waals surface area contributed by atoms with Crippen molar-refractivity contribution in [3.05, 3.63) is 29.8 Å². The molecule has 20 heavy (non-hydrogen) atoms. The van der Waals surface area contributed by atoms with Crippen molar-refractivity contribution in [3.63, 3.8) is 0 Å². The third kappa shape index (κ3) is 4.34. The molecule has 0 fully saturated rings. The Labute approximate surface area is 121 Å². The van der Waals surface area contributed by atoms with Crippen LogP contribution in [0.1, 0.15) is 32.8 Å². The molecule has 0 aliphatic heterocycles. The zero-order valence-corrected chi connectivity index (χ0v) is 13.0. The summed E-state index contributed by atoms with van der Waals surface area (Å²) >= 11 is 0. The fourth-order valence-corrected chi connectivity index (χ4v) is 3.53. The van der Waals surface area contributed by atoms with E-state index in [9.17, 15) is 8.42 Å². The van der Waals surface area contributed by atoms with Crippen LogP contribution in [0, 0.1) is 17.8 Å². The molecule has 0 aliphatic rings. The first-order valence-corrected chi connectivity index (χ1v) is 8.21. The largest absolute Gasteiger partial charge is 0.320 e. The van der Waals surface area contributed by atoms with Crippen LogP contribution in [0.2, 0.25) is 0 Å². The average Bonchev–Trinajstić information content (AvgIpc) is 2.42. The lowest BCUT2D eigenvalue weighted by Crippen LogP contribution is -2.38. The lowest BCUT2D eigenvalue weighted by molar-refractivity contribution is 0.437. The maximum atomic E-state index is 12.5. The first-order valence-electron chi connectivity index (χ1n) is 6.72. The summed E-state index contributed by atoms with van der Waals surface area (Å²) in [5.41, 5.74) is 5.81. The minimum atomic E-state index is -3.57. The number of rotatable bonds is 5. The predicted molar refractivity (Wildman–Crippen MR) is 81.6 cm³/mol. The Morgan fingerprint density at radius 1 is 1.30 bits per heavy atom. The van der Waals surface area contributed by atoms with E-state index in [1.807, 2.05) is 20.8 Å². The highest BCUT2D eigenvalue weighted by atomic mass is 32.2. The lowest BCUT2D eigenvalue weighted by Gasteiger charge is -2.21. The summed E-state index contributed by atoms with van der Waals surface area (Å²) in [6, 6.07) is 6.62. The molecule has 0 aliphatic carbocycles. The molecule has 0 aromatic heterocycles. The van der Waals surface area contributed by atoms with Crippen LogP contribution in [0.15, 0.2) is 29.2 Å². The third-order valence-electron chi connectivity index (χ3n) is 3.05. The first-order chi connectivity index (χ1) is 9.42. The molecule has 5 heteroatoms. The van der Waals surface area contributed by atoms with Crippen LogP contribution >= 0.6 is 0 Å². The van der Waals surface area contributed by atoms with Crippen molar-refractivity contribution in [2.45, 2.75) is 38.1 Å². The molecular weight excluding hydrogens is 272 g/mol. The van der Waals surface area contributed by atoms with E-state index in [2.05, 4.69) is 16.6 Å². The molecule has 1 rings (SSSR count). The summed E-state index contributed by atoms with van der Waals surface area (Å²) in [6.45, 7) is 6.16. The van der Waals surface area contributed by atoms with Gasteiger partial charge in [-0.15, -0.1) is 0 Å². The standard InChI is InChI=1S/C15H22N2O2S/c1-4-14(12(2)3)17-20(18,19)15-10-6-5-8-13(15)9-7-11-16/h5-6,8,10,12,14,17H,4,11,16H2,1-3H3. The lowest BCUT2D eigenvalue weighted by atomic mass is 10.0. The summed E-state index contributed by atoms with van der Waals surface area (Å²) in [5.74, 6) is 5.73. The van der Waals surface area contributed by atoms with Crippen LogP contribution in [0.3, 0.4) is 0 Å². The summed E-state index contributed by atoms with van der Waals surface area (Å²) in [4.78, 5) is 0.208. The molecule has 1 unspecified atom stereocenters. The monoisotopic (exact) mass is 294 g/mol. The third-order valence-corrected chi connectivity index (χ3v) is 4.60. The predicted octanol–water partition coefficient (Wildman–Crippen LogP) is 1.71. The second kappa shape index (κ2) is 7.44. The zero-order chi connectivity index (χ0) is 15.2. The number of hydrogen-bond donors (Lipinski definition) is 2. The molecule has 0 saturated heterocycles. The Bertz CT molecular complexity index is 598. The maximum Gasteiger partial charge on any atom is 0.242 e. The van der Waals surface area contributed by atoms with E-state index in [-0.39, 0.29) is 23.4 Å². The summed E-state index contributed by atoms with van der Waals surface area (Å²) < 4.78 is 27.7. The van der Waals surface area contributed by atoms with Crippen molar-refractivity contribution in [1.82, 2.24) is 4.72 Å². The van der Waals surface area contributed by atoms with Gasteiger partial charge in [-0.25, -0.2) is 13.1 Å². The van der Waals surface area contributed by atoms with Gasteiger partial charge in [0.05, 0.1) is 11.4 Å². The minimum absolute atomic E-state index is 0.0875. The van der Waals surface area contributed by atoms with Crippen molar-refractivity contribution in [2.75, 3.05) is 6.54 Å². The van der Waals surface area contributed by atoms with E-state index in [0.717, 1.165) is 6.42 Å². The quantitative estimate of drug-likeness (QED) is 0.812. The molecule has 0 spiro atoms. The molecule has 0 amide bonds. The Morgan fingerprint density at radius 3 is 2.50 bits per heavy atom. The molecule has 0 heterocycles. The van der Waals surface area contributed by atoms with Crippen LogP contribution < -0.4 is 10.5 Å². The van der Waals surface area contributed by atoms with Gasteiger partial charge in [0.1, 0.15) is 0 Å². The number of sulfonamides is 1. The number of nitrogens with two attached hydrogens (primary N) is 1. The Kier molecular flexibility index (Phi) is 6.21. The fraction of sp³-hybridized carbons (Fsp3) is 0.467. The van der Waals surface area contributed by atoms with Crippen molar-refractivity contribution >= 4 is 10.0 Å². The Balaban J connectivity index is 3.16. The highest BCUT2D eigenvalue weighted by Crippen LogP contribution is 2.17. The van der Waals surface area contributed by atoms with Crippen LogP contribution in [-0.2, 0) is 10.0 Å². The van der Waals surface area contributed by atoms with Gasteiger partial charge in [0.2, 0.25) is 10.0 Å². The van der Waals surface area contributed by atoms with E-state index in [0.29, 0.717) is 5.56 Å². The van der Waals surface area contributed by atoms with E-state index in [1.165, 1.54) is 0 Å². The highest BCUT2D eigenvalue weighted by molar-refractivity contribution is 7.89. The van der Waals surface area contributed by atoms with Crippen molar-refractivity contribution < 1.29 is 8.42 Å². The maximum absolute atomic E-state index is 12.5. The summed E-state index contributed by atoms with van der Waals surface area (Å²) in [5, 5.41) is 0. The van der Waals surface area contributed by atoms with Gasteiger partial charge in [-0.3, -0.25) is 0 Å². The molecule has 1 aromatic carbocycles. The van der Waals surface area contributed by atoms with E-state index >= 15 is 0 Å². The van der Waals surface area contributed by atoms with Gasteiger partial charge in [0, 0.05) is 11.6 Å². The average molecular weight is 294 g/mol. The van der Waals surface area contributed by atoms with E-state index in [4.69, 9.17) is 5.73 Å². The second-order valence-corrected chi connectivity index (χ2v) is 6.56. The molecule has 1 atom stereocenters. The summed E-state index contributed by atoms with van der Waals surface area (Å²) in [7, 11) is -3.57. The number of benzene rings is 1. The second-order valence-electron chi connectivity index (χ2n) is 4.88. The molecule has 3 N–H and O–H groups in total. The van der Waals surface area contributed by atoms with Gasteiger partial charge in [-0.1, -0.05) is 44.7 Å². The molecule has 110 valence electrons. The molecular formula is C15H22N2O2S. The Hall–Kier alpha value is -1.35. The van der Waals surface area contributed by atoms with Crippen molar-refractivity contribution in [2.24, 2.45) is 11.7 Å². The fourth-order valence-electron chi connectivity index (χ4n) is 1.90. The van der Waals surface area contributed by atoms with Gasteiger partial charge in [0.15, 0.2) is 0 Å². The first kappa shape index (κ1) is 16.7. The van der Waals surface area contributed by atoms with Crippen molar-refractivity contribution in [3.8, 4) is 11.8 Å². The number of hydrogen-bond acceptors (Lipinski definition) is 3. The van der Waals surface area contributed by atoms with Crippen LogP contribution in [0.5, 0.6) is 0 Å². The van der Waals surface area contributed by atoms with Gasteiger partial charge >= 0.3 is 0 Å². The molecule has 0 radical (unpaired) electrons. The molecule has 1 aromatic rings. The topological polar surface area (TPSA) is 72.2 Å². The van der Waals surface area contributed by atoms with Gasteiger partial charge in [-0.2, -0.15) is 0 Å². The Morgan fingerprint density at radius 2 is 1.95 bits per heavy atom. The minimum Gasteiger partial charge on any atom is -0.320 e. The SMILES string of the molecule is CCC(NS(=O)(=O)c1ccccc1C#CCN)C(C)C. The van der Waals surface area contributed by atoms with Gasteiger partial charge in [-0.05, 0) is 24.5 Å². The van der Waals surface area contributed by atoms with Crippen LogP contribution in [-0.4, -0.2) is 21.0 Å². The van der Waals surface area contributed by atoms with Crippen LogP contribution in [0.4, 0.5) is 0 Å². The molecule has 0 saturated carbocycles. The number of nitrogens with one attached hydrogen (secondary N) is 1. The zero-order valence-electron chi connectivity index (χ0n) is 12.2. The van der Waals surface area contributed by atoms with E-state index in [1.54, 1.807) is 24.3 Å². The summed E-state index contributed by atoms with van der Waals surface area (Å²) in [6.07, 6.45) is 0.744. The molecule has 0 bridgehead atoms.